The van der Waals surface area contributed by atoms with Crippen molar-refractivity contribution in [3.05, 3.63) is 0 Å². The summed E-state index contributed by atoms with van der Waals surface area (Å²) < 4.78 is 0. The monoisotopic (exact) mass is 239 g/mol. The van der Waals surface area contributed by atoms with E-state index in [0.717, 1.165) is 25.4 Å². The van der Waals surface area contributed by atoms with Crippen molar-refractivity contribution in [1.29, 1.82) is 0 Å². The van der Waals surface area contributed by atoms with Crippen LogP contribution < -0.4 is 11.1 Å². The van der Waals surface area contributed by atoms with Gasteiger partial charge in [0.2, 0.25) is 5.91 Å². The van der Waals surface area contributed by atoms with Crippen LogP contribution in [0, 0.1) is 5.92 Å². The van der Waals surface area contributed by atoms with Crippen molar-refractivity contribution in [3.8, 4) is 0 Å². The van der Waals surface area contributed by atoms with E-state index < -0.39 is 5.54 Å². The Labute approximate surface area is 104 Å². The summed E-state index contributed by atoms with van der Waals surface area (Å²) in [6.07, 6.45) is 4.47. The Kier molecular flexibility index (Phi) is 3.73. The van der Waals surface area contributed by atoms with E-state index in [1.54, 1.807) is 0 Å². The van der Waals surface area contributed by atoms with Crippen LogP contribution >= 0.6 is 0 Å². The Balaban J connectivity index is 1.82. The number of nitrogens with two attached hydrogens (primary N) is 1. The quantitative estimate of drug-likeness (QED) is 0.718. The van der Waals surface area contributed by atoms with Gasteiger partial charge in [0.25, 0.3) is 0 Å². The second-order valence-electron chi connectivity index (χ2n) is 6.06. The highest BCUT2D eigenvalue weighted by atomic mass is 16.1. The molecule has 1 aliphatic carbocycles. The van der Waals surface area contributed by atoms with Gasteiger partial charge in [-0.05, 0) is 45.1 Å². The van der Waals surface area contributed by atoms with Crippen LogP contribution in [0.5, 0.6) is 0 Å². The molecule has 1 aliphatic heterocycles. The molecular weight excluding hydrogens is 214 g/mol. The fourth-order valence-corrected chi connectivity index (χ4v) is 2.56. The summed E-state index contributed by atoms with van der Waals surface area (Å²) in [6, 6.07) is 0.519. The first kappa shape index (κ1) is 12.8. The molecule has 1 saturated carbocycles. The predicted octanol–water partition coefficient (Wildman–Crippen LogP) is 0.714. The van der Waals surface area contributed by atoms with Gasteiger partial charge in [-0.25, -0.2) is 0 Å². The van der Waals surface area contributed by atoms with E-state index in [1.165, 1.54) is 25.8 Å². The van der Waals surface area contributed by atoms with E-state index in [4.69, 9.17) is 5.73 Å². The zero-order chi connectivity index (χ0) is 12.5. The topological polar surface area (TPSA) is 58.4 Å². The number of nitrogens with zero attached hydrogens (tertiary/aromatic N) is 1. The number of amides is 1. The average molecular weight is 239 g/mol. The summed E-state index contributed by atoms with van der Waals surface area (Å²) in [4.78, 5) is 14.0. The van der Waals surface area contributed by atoms with Crippen molar-refractivity contribution in [2.75, 3.05) is 19.6 Å². The SMILES string of the molecule is CC1CCN(CCC(C)(NC2CC2)C(N)=O)C1. The molecule has 0 radical (unpaired) electrons. The Bertz CT molecular complexity index is 290. The largest absolute Gasteiger partial charge is 0.368 e. The highest BCUT2D eigenvalue weighted by Crippen LogP contribution is 2.25. The molecular formula is C13H25N3O. The van der Waals surface area contributed by atoms with Crippen LogP contribution in [0.4, 0.5) is 0 Å². The zero-order valence-corrected chi connectivity index (χ0v) is 11.0. The van der Waals surface area contributed by atoms with Gasteiger partial charge in [-0.2, -0.15) is 0 Å². The molecule has 3 N–H and O–H groups in total. The average Bonchev–Trinajstić information content (AvgIpc) is 2.96. The van der Waals surface area contributed by atoms with Gasteiger partial charge in [0.05, 0.1) is 5.54 Å². The van der Waals surface area contributed by atoms with Crippen LogP contribution in [-0.4, -0.2) is 42.0 Å². The normalized spacial score (nSPS) is 29.2. The smallest absolute Gasteiger partial charge is 0.237 e. The van der Waals surface area contributed by atoms with E-state index in [-0.39, 0.29) is 5.91 Å². The van der Waals surface area contributed by atoms with Crippen molar-refractivity contribution in [3.63, 3.8) is 0 Å². The number of nitrogens with one attached hydrogen (secondary N) is 1. The lowest BCUT2D eigenvalue weighted by molar-refractivity contribution is -0.124. The van der Waals surface area contributed by atoms with Gasteiger partial charge in [-0.3, -0.25) is 4.79 Å². The summed E-state index contributed by atoms with van der Waals surface area (Å²) in [6.45, 7) is 7.55. The second-order valence-corrected chi connectivity index (χ2v) is 6.06. The summed E-state index contributed by atoms with van der Waals surface area (Å²) in [5, 5.41) is 3.40. The molecule has 17 heavy (non-hydrogen) atoms. The molecule has 2 fully saturated rings. The molecule has 0 aromatic carbocycles. The molecule has 1 amide bonds. The Hall–Kier alpha value is -0.610. The van der Waals surface area contributed by atoms with Crippen molar-refractivity contribution < 1.29 is 4.79 Å². The molecule has 98 valence electrons. The molecule has 2 aliphatic rings. The standard InChI is InChI=1S/C13H25N3O/c1-10-5-7-16(9-10)8-6-13(2,12(14)17)15-11-3-4-11/h10-11,15H,3-9H2,1-2H3,(H2,14,17). The predicted molar refractivity (Wildman–Crippen MR) is 68.6 cm³/mol. The molecule has 2 rings (SSSR count). The van der Waals surface area contributed by atoms with Gasteiger partial charge in [0, 0.05) is 19.1 Å². The van der Waals surface area contributed by atoms with Crippen molar-refractivity contribution >= 4 is 5.91 Å². The van der Waals surface area contributed by atoms with Crippen LogP contribution in [-0.2, 0) is 4.79 Å². The van der Waals surface area contributed by atoms with Crippen LogP contribution in [0.3, 0.4) is 0 Å². The third-order valence-electron chi connectivity index (χ3n) is 4.08. The molecule has 2 unspecified atom stereocenters. The molecule has 1 saturated heterocycles. The number of hydrogen-bond acceptors (Lipinski definition) is 3. The summed E-state index contributed by atoms with van der Waals surface area (Å²) >= 11 is 0. The van der Waals surface area contributed by atoms with Crippen molar-refractivity contribution in [1.82, 2.24) is 10.2 Å². The van der Waals surface area contributed by atoms with Gasteiger partial charge < -0.3 is 16.0 Å². The minimum absolute atomic E-state index is 0.211. The summed E-state index contributed by atoms with van der Waals surface area (Å²) in [5.74, 6) is 0.586. The first-order valence-corrected chi connectivity index (χ1v) is 6.79. The number of carbonyl (C=O) groups excluding carboxylic acids is 1. The minimum atomic E-state index is -0.521. The zero-order valence-electron chi connectivity index (χ0n) is 11.0. The van der Waals surface area contributed by atoms with Gasteiger partial charge in [0.1, 0.15) is 0 Å². The fourth-order valence-electron chi connectivity index (χ4n) is 2.56. The Morgan fingerprint density at radius 2 is 2.18 bits per heavy atom. The first-order chi connectivity index (χ1) is 7.99. The Morgan fingerprint density at radius 1 is 1.47 bits per heavy atom. The number of primary amides is 1. The van der Waals surface area contributed by atoms with Gasteiger partial charge in [-0.15, -0.1) is 0 Å². The van der Waals surface area contributed by atoms with Crippen molar-refractivity contribution in [2.45, 2.75) is 51.1 Å². The molecule has 0 spiro atoms. The Morgan fingerprint density at radius 3 is 2.65 bits per heavy atom. The highest BCUT2D eigenvalue weighted by Gasteiger charge is 2.37. The molecule has 4 nitrogen and oxygen atoms in total. The third kappa shape index (κ3) is 3.42. The maximum Gasteiger partial charge on any atom is 0.237 e. The molecule has 0 aromatic rings. The third-order valence-corrected chi connectivity index (χ3v) is 4.08. The number of rotatable bonds is 6. The molecule has 0 bridgehead atoms. The minimum Gasteiger partial charge on any atom is -0.368 e. The van der Waals surface area contributed by atoms with E-state index in [2.05, 4.69) is 17.1 Å². The van der Waals surface area contributed by atoms with E-state index in [9.17, 15) is 4.79 Å². The number of carbonyl (C=O) groups is 1. The summed E-state index contributed by atoms with van der Waals surface area (Å²) in [5.41, 5.74) is 5.02. The van der Waals surface area contributed by atoms with Crippen LogP contribution in [0.2, 0.25) is 0 Å². The lowest BCUT2D eigenvalue weighted by atomic mass is 9.96. The van der Waals surface area contributed by atoms with Gasteiger partial charge in [0.15, 0.2) is 0 Å². The van der Waals surface area contributed by atoms with Crippen LogP contribution in [0.25, 0.3) is 0 Å². The van der Waals surface area contributed by atoms with Crippen LogP contribution in [0.15, 0.2) is 0 Å². The van der Waals surface area contributed by atoms with Gasteiger partial charge in [-0.1, -0.05) is 6.92 Å². The molecule has 1 heterocycles. The molecule has 4 heteroatoms. The lowest BCUT2D eigenvalue weighted by Crippen LogP contribution is -2.55. The molecule has 2 atom stereocenters. The van der Waals surface area contributed by atoms with E-state index in [0.29, 0.717) is 6.04 Å². The second kappa shape index (κ2) is 4.94. The number of likely N-dealkylation sites (tertiary alicyclic amines) is 1. The van der Waals surface area contributed by atoms with Gasteiger partial charge >= 0.3 is 0 Å². The maximum absolute atomic E-state index is 11.6. The highest BCUT2D eigenvalue weighted by molar-refractivity contribution is 5.84. The van der Waals surface area contributed by atoms with Crippen molar-refractivity contribution in [2.24, 2.45) is 11.7 Å². The first-order valence-electron chi connectivity index (χ1n) is 6.79. The molecule has 0 aromatic heterocycles. The van der Waals surface area contributed by atoms with E-state index in [1.807, 2.05) is 6.92 Å². The fraction of sp³-hybridized carbons (Fsp3) is 0.923. The lowest BCUT2D eigenvalue weighted by Gasteiger charge is -2.29. The van der Waals surface area contributed by atoms with Crippen LogP contribution in [0.1, 0.15) is 39.5 Å². The van der Waals surface area contributed by atoms with E-state index >= 15 is 0 Å². The maximum atomic E-state index is 11.6. The summed E-state index contributed by atoms with van der Waals surface area (Å²) in [7, 11) is 0. The number of hydrogen-bond donors (Lipinski definition) is 2.